The number of nitrogens with zero attached hydrogens (tertiary/aromatic N) is 1. The second-order valence-corrected chi connectivity index (χ2v) is 5.73. The molecular formula is C14H23N3S. The second kappa shape index (κ2) is 6.32. The Morgan fingerprint density at radius 1 is 1.44 bits per heavy atom. The molecule has 2 rings (SSSR count). The average molecular weight is 265 g/mol. The predicted molar refractivity (Wildman–Crippen MR) is 78.6 cm³/mol. The van der Waals surface area contributed by atoms with Crippen molar-refractivity contribution in [3.63, 3.8) is 0 Å². The molecule has 3 nitrogen and oxygen atoms in total. The highest BCUT2D eigenvalue weighted by Crippen LogP contribution is 2.31. The van der Waals surface area contributed by atoms with Crippen LogP contribution < -0.4 is 5.32 Å². The zero-order valence-corrected chi connectivity index (χ0v) is 12.1. The molecule has 1 fully saturated rings. The van der Waals surface area contributed by atoms with Crippen molar-refractivity contribution in [1.29, 1.82) is 0 Å². The lowest BCUT2D eigenvalue weighted by Gasteiger charge is -2.22. The van der Waals surface area contributed by atoms with Crippen molar-refractivity contribution in [3.05, 3.63) is 16.5 Å². The van der Waals surface area contributed by atoms with E-state index in [2.05, 4.69) is 29.1 Å². The van der Waals surface area contributed by atoms with Gasteiger partial charge in [-0.15, -0.1) is 0 Å². The summed E-state index contributed by atoms with van der Waals surface area (Å²) in [6.45, 7) is 4.35. The van der Waals surface area contributed by atoms with Crippen LogP contribution >= 0.6 is 12.2 Å². The Morgan fingerprint density at radius 2 is 2.17 bits per heavy atom. The number of hydrogen-bond donors (Lipinski definition) is 2. The lowest BCUT2D eigenvalue weighted by Crippen LogP contribution is -2.16. The standard InChI is InChI=1S/C14H23N3S/c1-3-10(2)15-12-9-13(18)17-14(16-12)11-7-5-4-6-8-11/h9-11H,3-8H2,1-2H3,(H2,15,16,17,18). The molecule has 0 radical (unpaired) electrons. The molecule has 100 valence electrons. The number of hydrogen-bond acceptors (Lipinski definition) is 3. The van der Waals surface area contributed by atoms with Gasteiger partial charge in [0, 0.05) is 18.0 Å². The van der Waals surface area contributed by atoms with E-state index in [1.54, 1.807) is 0 Å². The summed E-state index contributed by atoms with van der Waals surface area (Å²) in [5.74, 6) is 2.66. The molecule has 1 aromatic heterocycles. The van der Waals surface area contributed by atoms with Crippen LogP contribution in [0.5, 0.6) is 0 Å². The van der Waals surface area contributed by atoms with E-state index in [9.17, 15) is 0 Å². The van der Waals surface area contributed by atoms with Crippen LogP contribution in [0, 0.1) is 4.64 Å². The highest BCUT2D eigenvalue weighted by Gasteiger charge is 2.17. The van der Waals surface area contributed by atoms with Crippen LogP contribution in [0.15, 0.2) is 6.07 Å². The van der Waals surface area contributed by atoms with Gasteiger partial charge >= 0.3 is 0 Å². The molecule has 1 saturated carbocycles. The van der Waals surface area contributed by atoms with Gasteiger partial charge in [0.1, 0.15) is 16.3 Å². The van der Waals surface area contributed by atoms with Crippen LogP contribution in [-0.4, -0.2) is 16.0 Å². The normalized spacial score (nSPS) is 18.6. The van der Waals surface area contributed by atoms with E-state index in [-0.39, 0.29) is 0 Å². The van der Waals surface area contributed by atoms with Crippen LogP contribution in [0.1, 0.15) is 64.1 Å². The monoisotopic (exact) mass is 265 g/mol. The molecule has 0 spiro atoms. The fourth-order valence-electron chi connectivity index (χ4n) is 2.49. The van der Waals surface area contributed by atoms with Crippen LogP contribution in [0.4, 0.5) is 5.82 Å². The van der Waals surface area contributed by atoms with E-state index < -0.39 is 0 Å². The summed E-state index contributed by atoms with van der Waals surface area (Å²) in [4.78, 5) is 7.94. The van der Waals surface area contributed by atoms with Crippen molar-refractivity contribution < 1.29 is 0 Å². The van der Waals surface area contributed by atoms with Gasteiger partial charge in [-0.3, -0.25) is 0 Å². The molecule has 18 heavy (non-hydrogen) atoms. The third-order valence-electron chi connectivity index (χ3n) is 3.77. The minimum Gasteiger partial charge on any atom is -0.369 e. The van der Waals surface area contributed by atoms with Crippen LogP contribution in [0.2, 0.25) is 0 Å². The minimum atomic E-state index is 0.456. The van der Waals surface area contributed by atoms with Gasteiger partial charge in [-0.2, -0.15) is 0 Å². The number of H-pyrrole nitrogens is 1. The SMILES string of the molecule is CCC(C)Nc1cc(=S)nc(C2CCCCC2)[nH]1. The zero-order valence-electron chi connectivity index (χ0n) is 11.3. The van der Waals surface area contributed by atoms with Crippen molar-refractivity contribution in [2.24, 2.45) is 0 Å². The third kappa shape index (κ3) is 3.55. The molecule has 0 aromatic carbocycles. The Hall–Kier alpha value is -0.900. The van der Waals surface area contributed by atoms with E-state index in [1.807, 2.05) is 6.07 Å². The summed E-state index contributed by atoms with van der Waals surface area (Å²) >= 11 is 5.27. The summed E-state index contributed by atoms with van der Waals surface area (Å²) in [6, 6.07) is 2.38. The number of aromatic amines is 1. The first-order valence-electron chi connectivity index (χ1n) is 7.07. The molecular weight excluding hydrogens is 242 g/mol. The molecule has 0 bridgehead atoms. The summed E-state index contributed by atoms with van der Waals surface area (Å²) in [6.07, 6.45) is 7.58. The van der Waals surface area contributed by atoms with E-state index in [4.69, 9.17) is 12.2 Å². The van der Waals surface area contributed by atoms with E-state index in [0.29, 0.717) is 16.6 Å². The smallest absolute Gasteiger partial charge is 0.131 e. The fraction of sp³-hybridized carbons (Fsp3) is 0.714. The third-order valence-corrected chi connectivity index (χ3v) is 3.98. The summed E-state index contributed by atoms with van der Waals surface area (Å²) < 4.78 is 0.695. The van der Waals surface area contributed by atoms with Gasteiger partial charge in [0.25, 0.3) is 0 Å². The highest BCUT2D eigenvalue weighted by molar-refractivity contribution is 7.71. The largest absolute Gasteiger partial charge is 0.369 e. The van der Waals surface area contributed by atoms with Gasteiger partial charge in [-0.1, -0.05) is 38.4 Å². The van der Waals surface area contributed by atoms with E-state index in [0.717, 1.165) is 18.1 Å². The first-order chi connectivity index (χ1) is 8.69. The molecule has 4 heteroatoms. The van der Waals surface area contributed by atoms with Gasteiger partial charge in [0.05, 0.1) is 0 Å². The number of rotatable bonds is 4. The van der Waals surface area contributed by atoms with E-state index in [1.165, 1.54) is 32.1 Å². The molecule has 0 saturated heterocycles. The van der Waals surface area contributed by atoms with Crippen molar-refractivity contribution in [2.45, 2.75) is 64.3 Å². The molecule has 1 heterocycles. The molecule has 1 aromatic rings. The zero-order chi connectivity index (χ0) is 13.0. The van der Waals surface area contributed by atoms with Gasteiger partial charge in [-0.05, 0) is 26.2 Å². The molecule has 1 unspecified atom stereocenters. The second-order valence-electron chi connectivity index (χ2n) is 5.31. The number of anilines is 1. The maximum atomic E-state index is 5.27. The molecule has 0 amide bonds. The maximum Gasteiger partial charge on any atom is 0.131 e. The minimum absolute atomic E-state index is 0.456. The molecule has 0 aliphatic heterocycles. The number of aromatic nitrogens is 2. The van der Waals surface area contributed by atoms with Gasteiger partial charge in [0.15, 0.2) is 0 Å². The highest BCUT2D eigenvalue weighted by atomic mass is 32.1. The van der Waals surface area contributed by atoms with Gasteiger partial charge in [-0.25, -0.2) is 4.98 Å². The van der Waals surface area contributed by atoms with Gasteiger partial charge in [0.2, 0.25) is 0 Å². The van der Waals surface area contributed by atoms with Crippen molar-refractivity contribution in [3.8, 4) is 0 Å². The van der Waals surface area contributed by atoms with Crippen molar-refractivity contribution >= 4 is 18.0 Å². The van der Waals surface area contributed by atoms with Crippen molar-refractivity contribution in [2.75, 3.05) is 5.32 Å². The first-order valence-corrected chi connectivity index (χ1v) is 7.47. The summed E-state index contributed by atoms with van der Waals surface area (Å²) in [5.41, 5.74) is 0. The molecule has 2 N–H and O–H groups in total. The molecule has 1 aliphatic rings. The fourth-order valence-corrected chi connectivity index (χ4v) is 2.71. The van der Waals surface area contributed by atoms with Gasteiger partial charge < -0.3 is 10.3 Å². The Morgan fingerprint density at radius 3 is 2.83 bits per heavy atom. The Bertz CT molecular complexity index is 435. The maximum absolute atomic E-state index is 5.27. The average Bonchev–Trinajstić information content (AvgIpc) is 2.39. The van der Waals surface area contributed by atoms with Crippen LogP contribution in [0.25, 0.3) is 0 Å². The summed E-state index contributed by atoms with van der Waals surface area (Å²) in [5, 5.41) is 3.45. The lowest BCUT2D eigenvalue weighted by atomic mass is 9.89. The predicted octanol–water partition coefficient (Wildman–Crippen LogP) is 4.40. The first kappa shape index (κ1) is 13.5. The Balaban J connectivity index is 2.17. The number of nitrogens with one attached hydrogen (secondary N) is 2. The Labute approximate surface area is 114 Å². The van der Waals surface area contributed by atoms with Crippen LogP contribution in [0.3, 0.4) is 0 Å². The summed E-state index contributed by atoms with van der Waals surface area (Å²) in [7, 11) is 0. The Kier molecular flexibility index (Phi) is 4.75. The topological polar surface area (TPSA) is 40.7 Å². The lowest BCUT2D eigenvalue weighted by molar-refractivity contribution is 0.428. The van der Waals surface area contributed by atoms with Crippen molar-refractivity contribution in [1.82, 2.24) is 9.97 Å². The quantitative estimate of drug-likeness (QED) is 0.793. The van der Waals surface area contributed by atoms with E-state index >= 15 is 0 Å². The van der Waals surface area contributed by atoms with Crippen LogP contribution in [-0.2, 0) is 0 Å². The molecule has 1 aliphatic carbocycles. The molecule has 1 atom stereocenters.